The summed E-state index contributed by atoms with van der Waals surface area (Å²) in [5, 5.41) is 2.85. The molecule has 0 radical (unpaired) electrons. The number of piperidine rings is 2. The molecule has 2 aliphatic heterocycles. The summed E-state index contributed by atoms with van der Waals surface area (Å²) < 4.78 is 61.8. The molecule has 0 bridgehead atoms. The minimum Gasteiger partial charge on any atom is -0.444 e. The highest BCUT2D eigenvalue weighted by molar-refractivity contribution is 6.31. The van der Waals surface area contributed by atoms with E-state index in [0.717, 1.165) is 12.1 Å². The van der Waals surface area contributed by atoms with Crippen LogP contribution in [0.3, 0.4) is 0 Å². The van der Waals surface area contributed by atoms with Gasteiger partial charge in [0.05, 0.1) is 30.9 Å². The average Bonchev–Trinajstić information content (AvgIpc) is 2.83. The summed E-state index contributed by atoms with van der Waals surface area (Å²) in [6, 6.07) is 1.86. The first-order chi connectivity index (χ1) is 18.3. The minimum atomic E-state index is -4.58. The van der Waals surface area contributed by atoms with Gasteiger partial charge < -0.3 is 34.1 Å². The van der Waals surface area contributed by atoms with Gasteiger partial charge >= 0.3 is 12.3 Å². The topological polar surface area (TPSA) is 89.6 Å². The summed E-state index contributed by atoms with van der Waals surface area (Å²) in [7, 11) is 1.56. The third kappa shape index (κ3) is 9.12. The summed E-state index contributed by atoms with van der Waals surface area (Å²) in [5.41, 5.74) is -1.48. The van der Waals surface area contributed by atoms with Crippen LogP contribution in [0.5, 0.6) is 0 Å². The number of nitrogens with zero attached hydrogens (tertiary/aromatic N) is 2. The number of benzene rings is 1. The van der Waals surface area contributed by atoms with E-state index in [2.05, 4.69) is 5.32 Å². The fourth-order valence-corrected chi connectivity index (χ4v) is 4.87. The Balaban J connectivity index is 1.77. The van der Waals surface area contributed by atoms with Crippen LogP contribution in [0.4, 0.5) is 23.7 Å². The lowest BCUT2D eigenvalue weighted by molar-refractivity contribution is -0.156. The van der Waals surface area contributed by atoms with E-state index in [1.165, 1.54) is 6.07 Å². The van der Waals surface area contributed by atoms with Crippen molar-refractivity contribution < 1.29 is 41.7 Å². The lowest BCUT2D eigenvalue weighted by Gasteiger charge is -2.46. The number of nitrogens with one attached hydrogen (secondary N) is 1. The Morgan fingerprint density at radius 2 is 1.87 bits per heavy atom. The predicted molar refractivity (Wildman–Crippen MR) is 139 cm³/mol. The number of alkyl halides is 3. The molecule has 1 aromatic carbocycles. The predicted octanol–water partition coefficient (Wildman–Crippen LogP) is 4.78. The number of carbonyl (C=O) groups is 2. The van der Waals surface area contributed by atoms with Crippen molar-refractivity contribution in [3.63, 3.8) is 0 Å². The molecule has 220 valence electrons. The molecule has 1 unspecified atom stereocenters. The Hall–Kier alpha value is -2.28. The summed E-state index contributed by atoms with van der Waals surface area (Å²) in [6.07, 6.45) is -4.00. The molecule has 2 aliphatic rings. The average molecular weight is 580 g/mol. The number of hydrogen-bond acceptors (Lipinski definition) is 7. The van der Waals surface area contributed by atoms with E-state index in [-0.39, 0.29) is 30.0 Å². The maximum absolute atomic E-state index is 13.6. The van der Waals surface area contributed by atoms with Crippen molar-refractivity contribution in [2.75, 3.05) is 52.1 Å². The van der Waals surface area contributed by atoms with E-state index in [4.69, 9.17) is 30.5 Å². The molecular formula is C26H37ClF3N3O6. The largest absolute Gasteiger partial charge is 0.444 e. The van der Waals surface area contributed by atoms with Crippen molar-refractivity contribution in [1.82, 2.24) is 9.80 Å². The van der Waals surface area contributed by atoms with Crippen molar-refractivity contribution in [3.8, 4) is 0 Å². The number of likely N-dealkylation sites (tertiary alicyclic amines) is 2. The molecule has 0 aliphatic carbocycles. The molecule has 2 heterocycles. The fourth-order valence-electron chi connectivity index (χ4n) is 4.63. The van der Waals surface area contributed by atoms with Crippen LogP contribution >= 0.6 is 11.6 Å². The highest BCUT2D eigenvalue weighted by Crippen LogP contribution is 2.34. The maximum Gasteiger partial charge on any atom is 0.416 e. The third-order valence-electron chi connectivity index (χ3n) is 6.41. The van der Waals surface area contributed by atoms with Gasteiger partial charge in [-0.05, 0) is 58.2 Å². The molecule has 1 N–H and O–H groups in total. The Morgan fingerprint density at radius 1 is 1.13 bits per heavy atom. The highest BCUT2D eigenvalue weighted by Gasteiger charge is 2.42. The molecule has 0 spiro atoms. The van der Waals surface area contributed by atoms with Crippen molar-refractivity contribution in [2.24, 2.45) is 0 Å². The maximum atomic E-state index is 13.6. The quantitative estimate of drug-likeness (QED) is 0.333. The van der Waals surface area contributed by atoms with E-state index in [0.29, 0.717) is 45.6 Å². The van der Waals surface area contributed by atoms with Gasteiger partial charge in [-0.15, -0.1) is 0 Å². The number of ether oxygens (including phenoxy) is 4. The van der Waals surface area contributed by atoms with Crippen molar-refractivity contribution in [1.29, 1.82) is 0 Å². The number of methoxy groups -OCH3 is 1. The molecule has 39 heavy (non-hydrogen) atoms. The molecule has 3 rings (SSSR count). The monoisotopic (exact) mass is 579 g/mol. The van der Waals surface area contributed by atoms with Crippen molar-refractivity contribution in [2.45, 2.75) is 70.0 Å². The standard InChI is InChI=1S/C26H37ClF3N3O6/c1-25(2,3)39-24(35)32-9-7-22(38-16-37-11-10-36-4)21(15-32)33-8-5-6-20(23(33)34)31-19-13-17(26(28,29)30)12-18(27)14-19/h12-14,20-22,31H,5-11,15-16H2,1-4H3/t20?,21-,22-/m0/s1. The van der Waals surface area contributed by atoms with E-state index >= 15 is 0 Å². The van der Waals surface area contributed by atoms with Crippen molar-refractivity contribution in [3.05, 3.63) is 28.8 Å². The van der Waals surface area contributed by atoms with Gasteiger partial charge in [0.15, 0.2) is 0 Å². The first kappa shape index (κ1) is 31.3. The molecule has 1 aromatic rings. The number of anilines is 1. The SMILES string of the molecule is COCCOCO[C@H]1CCN(C(=O)OC(C)(C)C)C[C@@H]1N1CCCC(Nc2cc(Cl)cc(C(F)(F)F)c2)C1=O. The summed E-state index contributed by atoms with van der Waals surface area (Å²) >= 11 is 5.93. The van der Waals surface area contributed by atoms with Crippen LogP contribution < -0.4 is 5.32 Å². The summed E-state index contributed by atoms with van der Waals surface area (Å²) in [5.74, 6) is -0.292. The first-order valence-corrected chi connectivity index (χ1v) is 13.3. The van der Waals surface area contributed by atoms with Gasteiger partial charge in [0.25, 0.3) is 0 Å². The molecular weight excluding hydrogens is 543 g/mol. The van der Waals surface area contributed by atoms with Gasteiger partial charge in [-0.2, -0.15) is 13.2 Å². The van der Waals surface area contributed by atoms with Crippen LogP contribution in [-0.4, -0.2) is 92.3 Å². The zero-order chi connectivity index (χ0) is 28.8. The zero-order valence-corrected chi connectivity index (χ0v) is 23.4. The van der Waals surface area contributed by atoms with E-state index in [1.807, 2.05) is 0 Å². The number of carbonyl (C=O) groups excluding carboxylic acids is 2. The van der Waals surface area contributed by atoms with Gasteiger partial charge in [-0.3, -0.25) is 4.79 Å². The zero-order valence-electron chi connectivity index (χ0n) is 22.7. The Kier molecular flexibility index (Phi) is 10.7. The lowest BCUT2D eigenvalue weighted by atomic mass is 9.95. The smallest absolute Gasteiger partial charge is 0.416 e. The molecule has 2 saturated heterocycles. The lowest BCUT2D eigenvalue weighted by Crippen LogP contribution is -2.62. The Bertz CT molecular complexity index is 991. The fraction of sp³-hybridized carbons (Fsp3) is 0.692. The summed E-state index contributed by atoms with van der Waals surface area (Å²) in [4.78, 5) is 29.6. The molecule has 0 aromatic heterocycles. The van der Waals surface area contributed by atoms with Crippen LogP contribution in [0.1, 0.15) is 45.6 Å². The molecule has 13 heteroatoms. The van der Waals surface area contributed by atoms with Gasteiger partial charge in [-0.1, -0.05) is 11.6 Å². The summed E-state index contributed by atoms with van der Waals surface area (Å²) in [6.45, 7) is 7.04. The van der Waals surface area contributed by atoms with E-state index in [1.54, 1.807) is 37.7 Å². The molecule has 9 nitrogen and oxygen atoms in total. The van der Waals surface area contributed by atoms with E-state index < -0.39 is 41.6 Å². The Morgan fingerprint density at radius 3 is 2.54 bits per heavy atom. The second-order valence-electron chi connectivity index (χ2n) is 10.6. The van der Waals surface area contributed by atoms with Crippen LogP contribution in [0, 0.1) is 0 Å². The number of amides is 2. The van der Waals surface area contributed by atoms with Gasteiger partial charge in [0.2, 0.25) is 5.91 Å². The minimum absolute atomic E-state index is 0.0105. The Labute approximate surface area is 231 Å². The molecule has 0 saturated carbocycles. The highest BCUT2D eigenvalue weighted by atomic mass is 35.5. The van der Waals surface area contributed by atoms with Crippen molar-refractivity contribution >= 4 is 29.3 Å². The van der Waals surface area contributed by atoms with Gasteiger partial charge in [0, 0.05) is 37.5 Å². The van der Waals surface area contributed by atoms with Gasteiger partial charge in [-0.25, -0.2) is 4.79 Å². The van der Waals surface area contributed by atoms with Crippen LogP contribution in [0.25, 0.3) is 0 Å². The van der Waals surface area contributed by atoms with E-state index in [9.17, 15) is 22.8 Å². The van der Waals surface area contributed by atoms with Crippen LogP contribution in [-0.2, 0) is 29.9 Å². The number of rotatable bonds is 9. The second-order valence-corrected chi connectivity index (χ2v) is 11.0. The second kappa shape index (κ2) is 13.4. The first-order valence-electron chi connectivity index (χ1n) is 12.9. The number of hydrogen-bond donors (Lipinski definition) is 1. The van der Waals surface area contributed by atoms with Gasteiger partial charge in [0.1, 0.15) is 18.4 Å². The molecule has 2 fully saturated rings. The van der Waals surface area contributed by atoms with Crippen LogP contribution in [0.2, 0.25) is 5.02 Å². The normalized spacial score (nSPS) is 22.7. The molecule has 2 amide bonds. The molecule has 3 atom stereocenters. The van der Waals surface area contributed by atoms with Crippen LogP contribution in [0.15, 0.2) is 18.2 Å². The number of halogens is 4. The third-order valence-corrected chi connectivity index (χ3v) is 6.63.